The van der Waals surface area contributed by atoms with Crippen molar-refractivity contribution in [1.29, 1.82) is 0 Å². The maximum absolute atomic E-state index is 5.85. The van der Waals surface area contributed by atoms with E-state index in [9.17, 15) is 0 Å². The molecule has 0 fully saturated rings. The number of H-pyrrole nitrogens is 1. The number of nitrogens with two attached hydrogens (primary N) is 1. The molecule has 4 heteroatoms. The summed E-state index contributed by atoms with van der Waals surface area (Å²) in [4.78, 5) is 0. The maximum Gasteiger partial charge on any atom is 0.149 e. The van der Waals surface area contributed by atoms with Crippen molar-refractivity contribution in [2.75, 3.05) is 5.73 Å². The molecule has 1 heterocycles. The van der Waals surface area contributed by atoms with Crippen LogP contribution in [-0.2, 0) is 6.42 Å². The van der Waals surface area contributed by atoms with Gasteiger partial charge in [-0.15, -0.1) is 0 Å². The highest BCUT2D eigenvalue weighted by Crippen LogP contribution is 2.28. The zero-order valence-corrected chi connectivity index (χ0v) is 10.7. The molecule has 0 spiro atoms. The second kappa shape index (κ2) is 4.70. The van der Waals surface area contributed by atoms with Gasteiger partial charge in [-0.2, -0.15) is 5.10 Å². The van der Waals surface area contributed by atoms with Crippen LogP contribution in [0.4, 0.5) is 5.82 Å². The molecule has 1 aromatic carbocycles. The number of aromatic nitrogens is 2. The molecule has 2 aromatic rings. The molecule has 0 atom stereocenters. The number of nitrogen functional groups attached to an aromatic ring is 1. The van der Waals surface area contributed by atoms with Crippen LogP contribution in [0.25, 0.3) is 11.3 Å². The second-order valence-electron chi connectivity index (χ2n) is 3.72. The highest BCUT2D eigenvalue weighted by Gasteiger charge is 2.11. The van der Waals surface area contributed by atoms with E-state index in [1.54, 1.807) is 0 Å². The Kier molecular flexibility index (Phi) is 3.29. The molecule has 0 unspecified atom stereocenters. The molecule has 1 aromatic heterocycles. The summed E-state index contributed by atoms with van der Waals surface area (Å²) in [5, 5.41) is 7.09. The molecule has 3 N–H and O–H groups in total. The largest absolute Gasteiger partial charge is 0.382 e. The molecule has 16 heavy (non-hydrogen) atoms. The van der Waals surface area contributed by atoms with Crippen LogP contribution in [0.3, 0.4) is 0 Å². The fourth-order valence-corrected chi connectivity index (χ4v) is 2.16. The van der Waals surface area contributed by atoms with Crippen LogP contribution >= 0.6 is 15.9 Å². The van der Waals surface area contributed by atoms with Crippen LogP contribution in [0, 0.1) is 0 Å². The van der Waals surface area contributed by atoms with Crippen molar-refractivity contribution in [2.24, 2.45) is 0 Å². The summed E-state index contributed by atoms with van der Waals surface area (Å²) in [6.45, 7) is 2.14. The van der Waals surface area contributed by atoms with Crippen molar-refractivity contribution in [1.82, 2.24) is 10.2 Å². The lowest BCUT2D eigenvalue weighted by Crippen LogP contribution is -1.92. The zero-order chi connectivity index (χ0) is 11.5. The fourth-order valence-electron chi connectivity index (χ4n) is 1.76. The Labute approximate surface area is 103 Å². The number of aromatic amines is 1. The van der Waals surface area contributed by atoms with Crippen LogP contribution in [0.2, 0.25) is 0 Å². The number of nitrogens with zero attached hydrogens (tertiary/aromatic N) is 1. The monoisotopic (exact) mass is 279 g/mol. The lowest BCUT2D eigenvalue weighted by molar-refractivity contribution is 0.927. The van der Waals surface area contributed by atoms with Gasteiger partial charge >= 0.3 is 0 Å². The Morgan fingerprint density at radius 3 is 2.94 bits per heavy atom. The van der Waals surface area contributed by atoms with Gasteiger partial charge in [0.05, 0.1) is 5.69 Å². The van der Waals surface area contributed by atoms with Crippen LogP contribution in [-0.4, -0.2) is 10.2 Å². The third kappa shape index (κ3) is 2.11. The molecule has 0 aliphatic heterocycles. The molecule has 0 bridgehead atoms. The quantitative estimate of drug-likeness (QED) is 0.905. The Hall–Kier alpha value is -1.29. The topological polar surface area (TPSA) is 54.7 Å². The van der Waals surface area contributed by atoms with E-state index in [0.29, 0.717) is 5.82 Å². The molecular formula is C12H14BrN3. The smallest absolute Gasteiger partial charge is 0.149 e. The van der Waals surface area contributed by atoms with Crippen LogP contribution in [0.5, 0.6) is 0 Å². The van der Waals surface area contributed by atoms with Gasteiger partial charge in [0, 0.05) is 15.6 Å². The predicted molar refractivity (Wildman–Crippen MR) is 70.1 cm³/mol. The Morgan fingerprint density at radius 2 is 2.25 bits per heavy atom. The van der Waals surface area contributed by atoms with Gasteiger partial charge in [-0.05, 0) is 18.6 Å². The van der Waals surface area contributed by atoms with Gasteiger partial charge in [0.25, 0.3) is 0 Å². The second-order valence-corrected chi connectivity index (χ2v) is 4.64. The average Bonchev–Trinajstić information content (AvgIpc) is 2.61. The number of benzene rings is 1. The van der Waals surface area contributed by atoms with Gasteiger partial charge in [-0.25, -0.2) is 0 Å². The van der Waals surface area contributed by atoms with E-state index in [1.165, 1.54) is 0 Å². The first-order chi connectivity index (χ1) is 7.72. The molecule has 0 saturated carbocycles. The molecular weight excluding hydrogens is 266 g/mol. The summed E-state index contributed by atoms with van der Waals surface area (Å²) < 4.78 is 1.06. The van der Waals surface area contributed by atoms with Crippen LogP contribution < -0.4 is 5.73 Å². The Morgan fingerprint density at radius 1 is 1.44 bits per heavy atom. The van der Waals surface area contributed by atoms with Gasteiger partial charge in [0.2, 0.25) is 0 Å². The normalized spacial score (nSPS) is 10.6. The Balaban J connectivity index is 2.47. The molecule has 84 valence electrons. The van der Waals surface area contributed by atoms with Crippen molar-refractivity contribution < 1.29 is 0 Å². The Bertz CT molecular complexity index is 491. The van der Waals surface area contributed by atoms with E-state index >= 15 is 0 Å². The molecule has 0 amide bonds. The van der Waals surface area contributed by atoms with E-state index in [4.69, 9.17) is 5.73 Å². The number of anilines is 1. The molecule has 3 nitrogen and oxygen atoms in total. The molecule has 0 aliphatic rings. The van der Waals surface area contributed by atoms with Crippen molar-refractivity contribution in [3.8, 4) is 11.3 Å². The molecule has 0 aliphatic carbocycles. The van der Waals surface area contributed by atoms with E-state index in [-0.39, 0.29) is 0 Å². The first-order valence-electron chi connectivity index (χ1n) is 5.31. The third-order valence-corrected chi connectivity index (χ3v) is 3.01. The minimum atomic E-state index is 0.608. The summed E-state index contributed by atoms with van der Waals surface area (Å²) in [7, 11) is 0. The number of hydrogen-bond acceptors (Lipinski definition) is 2. The highest BCUT2D eigenvalue weighted by atomic mass is 79.9. The van der Waals surface area contributed by atoms with E-state index < -0.39 is 0 Å². The standard InChI is InChI=1S/C12H14BrN3/c1-2-4-10-11(15-16-12(10)14)8-5-3-6-9(13)7-8/h3,5-7H,2,4H2,1H3,(H3,14,15,16). The lowest BCUT2D eigenvalue weighted by atomic mass is 10.0. The van der Waals surface area contributed by atoms with Crippen LogP contribution in [0.15, 0.2) is 28.7 Å². The minimum Gasteiger partial charge on any atom is -0.382 e. The minimum absolute atomic E-state index is 0.608. The van der Waals surface area contributed by atoms with Gasteiger partial charge in [-0.1, -0.05) is 41.4 Å². The summed E-state index contributed by atoms with van der Waals surface area (Å²) in [6, 6.07) is 8.12. The molecule has 0 radical (unpaired) electrons. The number of hydrogen-bond donors (Lipinski definition) is 2. The first kappa shape index (κ1) is 11.2. The van der Waals surface area contributed by atoms with Crippen molar-refractivity contribution in [3.05, 3.63) is 34.3 Å². The number of nitrogens with one attached hydrogen (secondary N) is 1. The lowest BCUT2D eigenvalue weighted by Gasteiger charge is -2.03. The maximum atomic E-state index is 5.85. The first-order valence-corrected chi connectivity index (χ1v) is 6.10. The number of rotatable bonds is 3. The van der Waals surface area contributed by atoms with Crippen molar-refractivity contribution in [3.63, 3.8) is 0 Å². The van der Waals surface area contributed by atoms with E-state index in [1.807, 2.05) is 12.1 Å². The van der Waals surface area contributed by atoms with E-state index in [0.717, 1.165) is 34.1 Å². The fraction of sp³-hybridized carbons (Fsp3) is 0.250. The number of halogens is 1. The molecule has 0 saturated heterocycles. The summed E-state index contributed by atoms with van der Waals surface area (Å²) in [5.41, 5.74) is 9.10. The van der Waals surface area contributed by atoms with E-state index in [2.05, 4.69) is 45.2 Å². The van der Waals surface area contributed by atoms with Gasteiger partial charge in [0.1, 0.15) is 5.82 Å². The van der Waals surface area contributed by atoms with Crippen molar-refractivity contribution >= 4 is 21.7 Å². The van der Waals surface area contributed by atoms with Gasteiger partial charge in [-0.3, -0.25) is 5.10 Å². The molecule has 2 rings (SSSR count). The van der Waals surface area contributed by atoms with Gasteiger partial charge in [0.15, 0.2) is 0 Å². The average molecular weight is 280 g/mol. The summed E-state index contributed by atoms with van der Waals surface area (Å²) in [6.07, 6.45) is 2.01. The van der Waals surface area contributed by atoms with Crippen molar-refractivity contribution in [2.45, 2.75) is 19.8 Å². The van der Waals surface area contributed by atoms with Crippen LogP contribution in [0.1, 0.15) is 18.9 Å². The predicted octanol–water partition coefficient (Wildman–Crippen LogP) is 3.37. The third-order valence-electron chi connectivity index (χ3n) is 2.51. The SMILES string of the molecule is CCCc1c(N)n[nH]c1-c1cccc(Br)c1. The summed E-state index contributed by atoms with van der Waals surface area (Å²) in [5.74, 6) is 0.608. The van der Waals surface area contributed by atoms with Gasteiger partial charge < -0.3 is 5.73 Å². The zero-order valence-electron chi connectivity index (χ0n) is 9.13. The summed E-state index contributed by atoms with van der Waals surface area (Å²) >= 11 is 3.46. The highest BCUT2D eigenvalue weighted by molar-refractivity contribution is 9.10.